The summed E-state index contributed by atoms with van der Waals surface area (Å²) in [5.74, 6) is 2.83. The fraction of sp³-hybridized carbons (Fsp3) is 0.647. The Bertz CT molecular complexity index is 533. The summed E-state index contributed by atoms with van der Waals surface area (Å²) < 4.78 is 5.45. The topological polar surface area (TPSA) is 49.8 Å². The molecule has 0 aromatic carbocycles. The minimum Gasteiger partial charge on any atom is -0.481 e. The number of guanidine groups is 1. The predicted molar refractivity (Wildman–Crippen MR) is 98.6 cm³/mol. The number of aromatic nitrogens is 1. The molecule has 1 aromatic heterocycles. The number of ether oxygens (including phenoxy) is 1. The zero-order chi connectivity index (χ0) is 16.7. The highest BCUT2D eigenvalue weighted by atomic mass is 32.2. The maximum absolute atomic E-state index is 5.17. The van der Waals surface area contributed by atoms with Gasteiger partial charge in [0.2, 0.25) is 5.88 Å². The molecule has 1 fully saturated rings. The zero-order valence-corrected chi connectivity index (χ0v) is 15.4. The lowest BCUT2D eigenvalue weighted by Crippen LogP contribution is -2.51. The van der Waals surface area contributed by atoms with Crippen LogP contribution in [-0.2, 0) is 6.42 Å². The lowest BCUT2D eigenvalue weighted by atomic mass is 10.2. The van der Waals surface area contributed by atoms with E-state index in [0.717, 1.165) is 50.0 Å². The van der Waals surface area contributed by atoms with E-state index in [1.54, 1.807) is 7.11 Å². The second-order valence-electron chi connectivity index (χ2n) is 6.19. The lowest BCUT2D eigenvalue weighted by molar-refractivity contribution is 0.376. The van der Waals surface area contributed by atoms with E-state index in [0.29, 0.717) is 5.88 Å². The Morgan fingerprint density at radius 1 is 1.48 bits per heavy atom. The van der Waals surface area contributed by atoms with Gasteiger partial charge in [-0.3, -0.25) is 4.99 Å². The number of methoxy groups -OCH3 is 1. The van der Waals surface area contributed by atoms with Crippen LogP contribution in [-0.4, -0.2) is 59.6 Å². The van der Waals surface area contributed by atoms with Crippen LogP contribution < -0.4 is 10.1 Å². The zero-order valence-electron chi connectivity index (χ0n) is 14.6. The highest BCUT2D eigenvalue weighted by molar-refractivity contribution is 8.00. The molecule has 0 bridgehead atoms. The van der Waals surface area contributed by atoms with Crippen molar-refractivity contribution in [3.8, 4) is 5.88 Å². The van der Waals surface area contributed by atoms with Gasteiger partial charge in [0, 0.05) is 54.9 Å². The normalized spacial score (nSPS) is 17.9. The second-order valence-corrected chi connectivity index (χ2v) is 7.99. The Kier molecular flexibility index (Phi) is 6.57. The van der Waals surface area contributed by atoms with Crippen molar-refractivity contribution in [1.82, 2.24) is 15.2 Å². The van der Waals surface area contributed by atoms with Gasteiger partial charge in [0.05, 0.1) is 7.11 Å². The number of thioether (sulfide) groups is 1. The Balaban J connectivity index is 1.98. The molecular formula is C17H28N4OS. The molecule has 23 heavy (non-hydrogen) atoms. The summed E-state index contributed by atoms with van der Waals surface area (Å²) in [5.41, 5.74) is 1.01. The minimum atomic E-state index is 0.281. The average Bonchev–Trinajstić information content (AvgIpc) is 2.53. The van der Waals surface area contributed by atoms with Crippen molar-refractivity contribution in [2.24, 2.45) is 4.99 Å². The van der Waals surface area contributed by atoms with Crippen LogP contribution in [0.15, 0.2) is 23.2 Å². The first-order valence-corrected chi connectivity index (χ1v) is 9.20. The van der Waals surface area contributed by atoms with Crippen molar-refractivity contribution in [2.45, 2.75) is 31.9 Å². The van der Waals surface area contributed by atoms with Crippen molar-refractivity contribution < 1.29 is 4.74 Å². The van der Waals surface area contributed by atoms with Gasteiger partial charge in [-0.1, -0.05) is 6.07 Å². The fourth-order valence-corrected chi connectivity index (χ4v) is 3.72. The van der Waals surface area contributed by atoms with Crippen LogP contribution in [0.25, 0.3) is 0 Å². The molecule has 2 rings (SSSR count). The van der Waals surface area contributed by atoms with Gasteiger partial charge < -0.3 is 15.0 Å². The van der Waals surface area contributed by atoms with Crippen LogP contribution in [0.2, 0.25) is 0 Å². The molecule has 1 N–H and O–H groups in total. The van der Waals surface area contributed by atoms with E-state index in [9.17, 15) is 0 Å². The van der Waals surface area contributed by atoms with Crippen LogP contribution in [0.5, 0.6) is 5.88 Å². The van der Waals surface area contributed by atoms with E-state index < -0.39 is 0 Å². The Morgan fingerprint density at radius 2 is 2.30 bits per heavy atom. The minimum absolute atomic E-state index is 0.281. The Hall–Kier alpha value is -1.43. The number of nitrogens with zero attached hydrogens (tertiary/aromatic N) is 3. The van der Waals surface area contributed by atoms with Gasteiger partial charge in [-0.25, -0.2) is 4.98 Å². The number of aliphatic imine (C=N–C) groups is 1. The molecular weight excluding hydrogens is 308 g/mol. The first-order chi connectivity index (χ1) is 11.0. The number of nitrogens with one attached hydrogen (secondary N) is 1. The highest BCUT2D eigenvalue weighted by Gasteiger charge is 2.28. The monoisotopic (exact) mass is 336 g/mol. The number of pyridine rings is 1. The molecule has 0 amide bonds. The highest BCUT2D eigenvalue weighted by Crippen LogP contribution is 2.29. The van der Waals surface area contributed by atoms with Gasteiger partial charge in [0.1, 0.15) is 0 Å². The standard InChI is InChI=1S/C17H28N4OS/c1-5-18-16(21-11-12-23-17(2,3)13-21)19-10-9-14-7-6-8-15(20-14)22-4/h6-8H,5,9-13H2,1-4H3,(H,18,19). The molecule has 0 atom stereocenters. The van der Waals surface area contributed by atoms with Crippen LogP contribution in [0.3, 0.4) is 0 Å². The molecule has 0 aliphatic carbocycles. The Morgan fingerprint density at radius 3 is 3.00 bits per heavy atom. The Labute approximate surface area is 143 Å². The maximum Gasteiger partial charge on any atom is 0.213 e. The maximum atomic E-state index is 5.17. The third-order valence-corrected chi connectivity index (χ3v) is 4.98. The predicted octanol–water partition coefficient (Wildman–Crippen LogP) is 2.43. The SMILES string of the molecule is CCNC(=NCCc1cccc(OC)n1)N1CCSC(C)(C)C1. The molecule has 0 spiro atoms. The summed E-state index contributed by atoms with van der Waals surface area (Å²) in [4.78, 5) is 11.6. The molecule has 6 heteroatoms. The average molecular weight is 337 g/mol. The molecule has 0 unspecified atom stereocenters. The first-order valence-electron chi connectivity index (χ1n) is 8.21. The molecule has 128 valence electrons. The first kappa shape index (κ1) is 17.9. The van der Waals surface area contributed by atoms with Gasteiger partial charge in [-0.05, 0) is 26.8 Å². The van der Waals surface area contributed by atoms with Crippen LogP contribution in [0.1, 0.15) is 26.5 Å². The summed E-state index contributed by atoms with van der Waals surface area (Å²) in [7, 11) is 1.64. The molecule has 1 saturated heterocycles. The van der Waals surface area contributed by atoms with Gasteiger partial charge in [0.25, 0.3) is 0 Å². The number of rotatable bonds is 5. The molecule has 0 radical (unpaired) electrons. The van der Waals surface area contributed by atoms with Crippen molar-refractivity contribution in [3.63, 3.8) is 0 Å². The van der Waals surface area contributed by atoms with Gasteiger partial charge in [0.15, 0.2) is 5.96 Å². The molecule has 2 heterocycles. The second kappa shape index (κ2) is 8.43. The fourth-order valence-electron chi connectivity index (χ4n) is 2.61. The summed E-state index contributed by atoms with van der Waals surface area (Å²) >= 11 is 2.04. The quantitative estimate of drug-likeness (QED) is 0.661. The smallest absolute Gasteiger partial charge is 0.213 e. The van der Waals surface area contributed by atoms with E-state index in [4.69, 9.17) is 9.73 Å². The molecule has 1 aliphatic rings. The van der Waals surface area contributed by atoms with Crippen molar-refractivity contribution >= 4 is 17.7 Å². The molecule has 1 aliphatic heterocycles. The van der Waals surface area contributed by atoms with E-state index in [-0.39, 0.29) is 4.75 Å². The van der Waals surface area contributed by atoms with Crippen LogP contribution in [0.4, 0.5) is 0 Å². The summed E-state index contributed by atoms with van der Waals surface area (Å²) in [5, 5.41) is 3.42. The van der Waals surface area contributed by atoms with Crippen LogP contribution >= 0.6 is 11.8 Å². The van der Waals surface area contributed by atoms with Crippen molar-refractivity contribution in [1.29, 1.82) is 0 Å². The molecule has 0 saturated carbocycles. The van der Waals surface area contributed by atoms with E-state index >= 15 is 0 Å². The van der Waals surface area contributed by atoms with Crippen LogP contribution in [0, 0.1) is 0 Å². The van der Waals surface area contributed by atoms with Gasteiger partial charge >= 0.3 is 0 Å². The molecule has 1 aromatic rings. The molecule has 5 nitrogen and oxygen atoms in total. The van der Waals surface area contributed by atoms with Crippen molar-refractivity contribution in [3.05, 3.63) is 23.9 Å². The number of hydrogen-bond donors (Lipinski definition) is 1. The number of hydrogen-bond acceptors (Lipinski definition) is 4. The third-order valence-electron chi connectivity index (χ3n) is 3.68. The van der Waals surface area contributed by atoms with Gasteiger partial charge in [-0.15, -0.1) is 0 Å². The third kappa shape index (κ3) is 5.61. The van der Waals surface area contributed by atoms with E-state index in [1.165, 1.54) is 0 Å². The largest absolute Gasteiger partial charge is 0.481 e. The summed E-state index contributed by atoms with van der Waals surface area (Å²) in [6.07, 6.45) is 0.818. The van der Waals surface area contributed by atoms with Crippen molar-refractivity contribution in [2.75, 3.05) is 39.0 Å². The summed E-state index contributed by atoms with van der Waals surface area (Å²) in [6, 6.07) is 5.86. The van der Waals surface area contributed by atoms with E-state index in [1.807, 2.05) is 30.0 Å². The lowest BCUT2D eigenvalue weighted by Gasteiger charge is -2.39. The van der Waals surface area contributed by atoms with E-state index in [2.05, 4.69) is 36.0 Å². The summed E-state index contributed by atoms with van der Waals surface area (Å²) in [6.45, 7) is 10.4. The van der Waals surface area contributed by atoms with Gasteiger partial charge in [-0.2, -0.15) is 11.8 Å².